The van der Waals surface area contributed by atoms with Gasteiger partial charge in [-0.15, -0.1) is 0 Å². The van der Waals surface area contributed by atoms with Crippen molar-refractivity contribution >= 4 is 0 Å². The lowest BCUT2D eigenvalue weighted by atomic mass is 9.90. The standard InChI is InChI=1S/C18H23NO/c1-19-14-17(13-12-15-8-4-2-5-9-15)18(20)16-10-6-3-7-11-16/h2-11,17-20H,12-14H2,1H3/t17?,18-/m0/s1. The van der Waals surface area contributed by atoms with E-state index in [9.17, 15) is 5.11 Å². The maximum absolute atomic E-state index is 10.5. The first-order chi connectivity index (χ1) is 9.81. The molecule has 0 heterocycles. The second-order valence-electron chi connectivity index (χ2n) is 5.20. The predicted molar refractivity (Wildman–Crippen MR) is 83.6 cm³/mol. The van der Waals surface area contributed by atoms with Gasteiger partial charge in [-0.2, -0.15) is 0 Å². The minimum absolute atomic E-state index is 0.225. The molecule has 0 aliphatic heterocycles. The van der Waals surface area contributed by atoms with Gasteiger partial charge in [0.05, 0.1) is 6.10 Å². The third-order valence-corrected chi connectivity index (χ3v) is 3.70. The van der Waals surface area contributed by atoms with E-state index in [1.165, 1.54) is 5.56 Å². The minimum Gasteiger partial charge on any atom is -0.388 e. The maximum Gasteiger partial charge on any atom is 0.0830 e. The van der Waals surface area contributed by atoms with Crippen LogP contribution in [0, 0.1) is 5.92 Å². The van der Waals surface area contributed by atoms with Gasteiger partial charge in [0.1, 0.15) is 0 Å². The summed E-state index contributed by atoms with van der Waals surface area (Å²) in [5.41, 5.74) is 2.33. The molecule has 2 aromatic rings. The molecule has 2 nitrogen and oxygen atoms in total. The number of aliphatic hydroxyl groups is 1. The van der Waals surface area contributed by atoms with Gasteiger partial charge in [-0.3, -0.25) is 0 Å². The van der Waals surface area contributed by atoms with Crippen LogP contribution in [0.25, 0.3) is 0 Å². The van der Waals surface area contributed by atoms with Gasteiger partial charge in [-0.25, -0.2) is 0 Å². The van der Waals surface area contributed by atoms with Crippen molar-refractivity contribution in [3.8, 4) is 0 Å². The second kappa shape index (κ2) is 7.83. The largest absolute Gasteiger partial charge is 0.388 e. The van der Waals surface area contributed by atoms with Crippen LogP contribution in [0.5, 0.6) is 0 Å². The molecule has 2 atom stereocenters. The third-order valence-electron chi connectivity index (χ3n) is 3.70. The van der Waals surface area contributed by atoms with Gasteiger partial charge in [0.25, 0.3) is 0 Å². The highest BCUT2D eigenvalue weighted by Crippen LogP contribution is 2.25. The Bertz CT molecular complexity index is 483. The van der Waals surface area contributed by atoms with E-state index in [0.29, 0.717) is 0 Å². The zero-order chi connectivity index (χ0) is 14.2. The fraction of sp³-hybridized carbons (Fsp3) is 0.333. The molecule has 0 spiro atoms. The predicted octanol–water partition coefficient (Wildman–Crippen LogP) is 3.19. The molecular formula is C18H23NO. The van der Waals surface area contributed by atoms with Crippen molar-refractivity contribution in [2.45, 2.75) is 18.9 Å². The molecule has 106 valence electrons. The lowest BCUT2D eigenvalue weighted by Crippen LogP contribution is -2.25. The summed E-state index contributed by atoms with van der Waals surface area (Å²) in [6, 6.07) is 20.4. The van der Waals surface area contributed by atoms with Crippen LogP contribution in [-0.4, -0.2) is 18.7 Å². The molecule has 0 radical (unpaired) electrons. The van der Waals surface area contributed by atoms with Gasteiger partial charge in [0.2, 0.25) is 0 Å². The average molecular weight is 269 g/mol. The second-order valence-corrected chi connectivity index (χ2v) is 5.20. The van der Waals surface area contributed by atoms with Crippen molar-refractivity contribution in [3.63, 3.8) is 0 Å². The molecule has 2 N–H and O–H groups in total. The summed E-state index contributed by atoms with van der Waals surface area (Å²) >= 11 is 0. The molecule has 0 bridgehead atoms. The minimum atomic E-state index is -0.410. The van der Waals surface area contributed by atoms with Crippen LogP contribution in [-0.2, 0) is 6.42 Å². The Morgan fingerprint density at radius 3 is 2.15 bits per heavy atom. The summed E-state index contributed by atoms with van der Waals surface area (Å²) in [5, 5.41) is 13.7. The molecule has 0 saturated carbocycles. The molecule has 0 aliphatic rings. The van der Waals surface area contributed by atoms with Crippen LogP contribution in [0.4, 0.5) is 0 Å². The monoisotopic (exact) mass is 269 g/mol. The quantitative estimate of drug-likeness (QED) is 0.809. The summed E-state index contributed by atoms with van der Waals surface area (Å²) in [7, 11) is 1.94. The van der Waals surface area contributed by atoms with Crippen molar-refractivity contribution in [1.82, 2.24) is 5.32 Å². The van der Waals surface area contributed by atoms with E-state index in [1.807, 2.05) is 43.4 Å². The van der Waals surface area contributed by atoms with Crippen LogP contribution in [0.1, 0.15) is 23.7 Å². The van der Waals surface area contributed by atoms with Crippen LogP contribution >= 0.6 is 0 Å². The van der Waals surface area contributed by atoms with Crippen LogP contribution < -0.4 is 5.32 Å². The fourth-order valence-electron chi connectivity index (χ4n) is 2.55. The van der Waals surface area contributed by atoms with Gasteiger partial charge in [-0.05, 0) is 31.0 Å². The van der Waals surface area contributed by atoms with E-state index in [0.717, 1.165) is 24.9 Å². The first-order valence-electron chi connectivity index (χ1n) is 7.23. The van der Waals surface area contributed by atoms with E-state index in [-0.39, 0.29) is 5.92 Å². The Balaban J connectivity index is 1.99. The highest BCUT2D eigenvalue weighted by atomic mass is 16.3. The summed E-state index contributed by atoms with van der Waals surface area (Å²) in [5.74, 6) is 0.225. The van der Waals surface area contributed by atoms with Crippen molar-refractivity contribution in [2.75, 3.05) is 13.6 Å². The molecule has 2 rings (SSSR count). The van der Waals surface area contributed by atoms with Crippen molar-refractivity contribution in [2.24, 2.45) is 5.92 Å². The molecule has 2 aromatic carbocycles. The Morgan fingerprint density at radius 2 is 1.55 bits per heavy atom. The van der Waals surface area contributed by atoms with E-state index in [4.69, 9.17) is 0 Å². The topological polar surface area (TPSA) is 32.3 Å². The maximum atomic E-state index is 10.5. The number of aliphatic hydroxyl groups excluding tert-OH is 1. The Hall–Kier alpha value is -1.64. The fourth-order valence-corrected chi connectivity index (χ4v) is 2.55. The summed E-state index contributed by atoms with van der Waals surface area (Å²) in [6.07, 6.45) is 1.56. The zero-order valence-electron chi connectivity index (χ0n) is 12.0. The van der Waals surface area contributed by atoms with Gasteiger partial charge < -0.3 is 10.4 Å². The summed E-state index contributed by atoms with van der Waals surface area (Å²) < 4.78 is 0. The number of benzene rings is 2. The number of nitrogens with one attached hydrogen (secondary N) is 1. The van der Waals surface area contributed by atoms with Gasteiger partial charge >= 0.3 is 0 Å². The molecule has 20 heavy (non-hydrogen) atoms. The van der Waals surface area contributed by atoms with Crippen LogP contribution in [0.2, 0.25) is 0 Å². The van der Waals surface area contributed by atoms with E-state index in [1.54, 1.807) is 0 Å². The highest BCUT2D eigenvalue weighted by Gasteiger charge is 2.19. The molecule has 2 heteroatoms. The lowest BCUT2D eigenvalue weighted by Gasteiger charge is -2.23. The number of hydrogen-bond acceptors (Lipinski definition) is 2. The van der Waals surface area contributed by atoms with Crippen molar-refractivity contribution < 1.29 is 5.11 Å². The normalized spacial score (nSPS) is 13.9. The summed E-state index contributed by atoms with van der Waals surface area (Å²) in [4.78, 5) is 0. The third kappa shape index (κ3) is 4.19. The Labute approximate surface area is 121 Å². The lowest BCUT2D eigenvalue weighted by molar-refractivity contribution is 0.103. The van der Waals surface area contributed by atoms with Gasteiger partial charge in [-0.1, -0.05) is 60.7 Å². The SMILES string of the molecule is CNCC(CCc1ccccc1)[C@@H](O)c1ccccc1. The van der Waals surface area contributed by atoms with Crippen molar-refractivity contribution in [1.29, 1.82) is 0 Å². The molecule has 0 amide bonds. The van der Waals surface area contributed by atoms with E-state index in [2.05, 4.69) is 29.6 Å². The Morgan fingerprint density at radius 1 is 0.950 bits per heavy atom. The smallest absolute Gasteiger partial charge is 0.0830 e. The van der Waals surface area contributed by atoms with Gasteiger partial charge in [0, 0.05) is 12.5 Å². The molecule has 0 aliphatic carbocycles. The average Bonchev–Trinajstić information content (AvgIpc) is 2.52. The van der Waals surface area contributed by atoms with Crippen LogP contribution in [0.15, 0.2) is 60.7 Å². The number of rotatable bonds is 7. The first-order valence-corrected chi connectivity index (χ1v) is 7.23. The van der Waals surface area contributed by atoms with E-state index < -0.39 is 6.10 Å². The Kier molecular flexibility index (Phi) is 5.78. The molecule has 0 saturated heterocycles. The highest BCUT2D eigenvalue weighted by molar-refractivity contribution is 5.19. The van der Waals surface area contributed by atoms with E-state index >= 15 is 0 Å². The van der Waals surface area contributed by atoms with Crippen molar-refractivity contribution in [3.05, 3.63) is 71.8 Å². The van der Waals surface area contributed by atoms with Crippen LogP contribution in [0.3, 0.4) is 0 Å². The molecular weight excluding hydrogens is 246 g/mol. The number of aryl methyl sites for hydroxylation is 1. The van der Waals surface area contributed by atoms with Gasteiger partial charge in [0.15, 0.2) is 0 Å². The number of hydrogen-bond donors (Lipinski definition) is 2. The first kappa shape index (κ1) is 14.8. The molecule has 0 fully saturated rings. The molecule has 1 unspecified atom stereocenters. The summed E-state index contributed by atoms with van der Waals surface area (Å²) in [6.45, 7) is 0.822. The zero-order valence-corrected chi connectivity index (χ0v) is 12.0. The molecule has 0 aromatic heterocycles.